The van der Waals surface area contributed by atoms with Crippen LogP contribution in [0.4, 0.5) is 5.13 Å². The number of aryl methyl sites for hydroxylation is 2. The fraction of sp³-hybridized carbons (Fsp3) is 0.308. The van der Waals surface area contributed by atoms with E-state index in [1.807, 2.05) is 6.07 Å². The van der Waals surface area contributed by atoms with Crippen molar-refractivity contribution in [3.63, 3.8) is 0 Å². The number of thiazole rings is 1. The maximum atomic E-state index is 5.78. The Morgan fingerprint density at radius 2 is 2.22 bits per heavy atom. The van der Waals surface area contributed by atoms with Crippen LogP contribution in [-0.4, -0.2) is 4.98 Å². The first-order valence-corrected chi connectivity index (χ1v) is 6.83. The summed E-state index contributed by atoms with van der Waals surface area (Å²) < 4.78 is 5.78. The normalized spacial score (nSPS) is 13.4. The van der Waals surface area contributed by atoms with Crippen LogP contribution in [0.3, 0.4) is 0 Å². The second kappa shape index (κ2) is 4.96. The Hall–Kier alpha value is -1.59. The van der Waals surface area contributed by atoms with Crippen LogP contribution in [0.25, 0.3) is 0 Å². The molecule has 0 atom stereocenters. The minimum absolute atomic E-state index is 0.540. The molecule has 1 aromatic heterocycles. The molecule has 1 aliphatic carbocycles. The van der Waals surface area contributed by atoms with Gasteiger partial charge in [-0.25, -0.2) is 10.8 Å². The number of anilines is 1. The molecule has 3 rings (SSSR count). The van der Waals surface area contributed by atoms with E-state index in [2.05, 4.69) is 22.5 Å². The predicted octanol–water partition coefficient (Wildman–Crippen LogP) is 2.50. The first kappa shape index (κ1) is 11.5. The van der Waals surface area contributed by atoms with Gasteiger partial charge in [-0.2, -0.15) is 0 Å². The van der Waals surface area contributed by atoms with Gasteiger partial charge < -0.3 is 4.74 Å². The fourth-order valence-electron chi connectivity index (χ4n) is 2.23. The van der Waals surface area contributed by atoms with Crippen molar-refractivity contribution in [2.24, 2.45) is 5.84 Å². The van der Waals surface area contributed by atoms with Crippen molar-refractivity contribution in [1.82, 2.24) is 4.98 Å². The van der Waals surface area contributed by atoms with Crippen molar-refractivity contribution in [2.75, 3.05) is 5.43 Å². The summed E-state index contributed by atoms with van der Waals surface area (Å²) in [5.41, 5.74) is 5.43. The molecule has 18 heavy (non-hydrogen) atoms. The van der Waals surface area contributed by atoms with Crippen molar-refractivity contribution in [1.29, 1.82) is 0 Å². The zero-order valence-corrected chi connectivity index (χ0v) is 10.8. The molecule has 0 amide bonds. The Bertz CT molecular complexity index is 553. The van der Waals surface area contributed by atoms with Crippen LogP contribution < -0.4 is 16.0 Å². The zero-order chi connectivity index (χ0) is 12.4. The largest absolute Gasteiger partial charge is 0.488 e. The lowest BCUT2D eigenvalue weighted by Crippen LogP contribution is -2.05. The molecule has 4 nitrogen and oxygen atoms in total. The zero-order valence-electron chi connectivity index (χ0n) is 9.98. The maximum absolute atomic E-state index is 5.78. The number of nitrogen functional groups attached to an aromatic ring is 1. The number of ether oxygens (including phenoxy) is 1. The first-order valence-electron chi connectivity index (χ1n) is 6.01. The van der Waals surface area contributed by atoms with E-state index in [9.17, 15) is 0 Å². The monoisotopic (exact) mass is 261 g/mol. The Morgan fingerprint density at radius 3 is 3.06 bits per heavy atom. The lowest BCUT2D eigenvalue weighted by atomic mass is 10.1. The average molecular weight is 261 g/mol. The second-order valence-corrected chi connectivity index (χ2v) is 5.46. The summed E-state index contributed by atoms with van der Waals surface area (Å²) >= 11 is 1.51. The average Bonchev–Trinajstić information content (AvgIpc) is 3.04. The third-order valence-corrected chi connectivity index (χ3v) is 4.03. The molecular formula is C13H15N3OS. The summed E-state index contributed by atoms with van der Waals surface area (Å²) in [5.74, 6) is 6.23. The van der Waals surface area contributed by atoms with E-state index in [-0.39, 0.29) is 0 Å². The molecule has 0 spiro atoms. The van der Waals surface area contributed by atoms with Gasteiger partial charge in [0.1, 0.15) is 12.4 Å². The molecule has 2 aromatic rings. The van der Waals surface area contributed by atoms with Gasteiger partial charge >= 0.3 is 0 Å². The Kier molecular flexibility index (Phi) is 3.17. The SMILES string of the molecule is NNc1ncc(COc2ccc3c(c2)CCC3)s1. The Balaban J connectivity index is 1.66. The highest BCUT2D eigenvalue weighted by Gasteiger charge is 2.11. The predicted molar refractivity (Wildman–Crippen MR) is 72.7 cm³/mol. The molecule has 0 saturated heterocycles. The number of nitrogens with one attached hydrogen (secondary N) is 1. The highest BCUT2D eigenvalue weighted by Crippen LogP contribution is 2.27. The van der Waals surface area contributed by atoms with Crippen LogP contribution in [-0.2, 0) is 19.4 Å². The van der Waals surface area contributed by atoms with Gasteiger partial charge in [-0.3, -0.25) is 5.43 Å². The molecule has 0 saturated carbocycles. The van der Waals surface area contributed by atoms with Crippen molar-refractivity contribution >= 4 is 16.5 Å². The van der Waals surface area contributed by atoms with Crippen LogP contribution in [0, 0.1) is 0 Å². The second-order valence-electron chi connectivity index (χ2n) is 4.35. The van der Waals surface area contributed by atoms with E-state index >= 15 is 0 Å². The summed E-state index contributed by atoms with van der Waals surface area (Å²) in [6.45, 7) is 0.540. The highest BCUT2D eigenvalue weighted by molar-refractivity contribution is 7.15. The topological polar surface area (TPSA) is 60.2 Å². The number of fused-ring (bicyclic) bond motifs is 1. The summed E-state index contributed by atoms with van der Waals surface area (Å²) in [5, 5.41) is 0.711. The number of hydrogen-bond acceptors (Lipinski definition) is 5. The van der Waals surface area contributed by atoms with Crippen LogP contribution in [0.5, 0.6) is 5.75 Å². The van der Waals surface area contributed by atoms with Gasteiger partial charge in [-0.05, 0) is 42.5 Å². The van der Waals surface area contributed by atoms with Gasteiger partial charge in [0.05, 0.1) is 4.88 Å². The van der Waals surface area contributed by atoms with Crippen molar-refractivity contribution < 1.29 is 4.74 Å². The standard InChI is InChI=1S/C13H15N3OS/c14-16-13-15-7-12(18-13)8-17-11-5-4-9-2-1-3-10(9)6-11/h4-7H,1-3,8,14H2,(H,15,16). The molecule has 3 N–H and O–H groups in total. The number of nitrogens with two attached hydrogens (primary N) is 1. The summed E-state index contributed by atoms with van der Waals surface area (Å²) in [6, 6.07) is 6.38. The van der Waals surface area contributed by atoms with Crippen LogP contribution in [0.1, 0.15) is 22.4 Å². The number of aromatic nitrogens is 1. The molecule has 0 radical (unpaired) electrons. The number of nitrogens with zero attached hydrogens (tertiary/aromatic N) is 1. The lowest BCUT2D eigenvalue weighted by Gasteiger charge is -2.06. The molecule has 1 aromatic carbocycles. The summed E-state index contributed by atoms with van der Waals surface area (Å²) in [4.78, 5) is 5.17. The van der Waals surface area contributed by atoms with E-state index in [0.717, 1.165) is 10.6 Å². The van der Waals surface area contributed by atoms with E-state index < -0.39 is 0 Å². The molecule has 1 heterocycles. The molecule has 0 unspecified atom stereocenters. The van der Waals surface area contributed by atoms with Gasteiger partial charge in [0.15, 0.2) is 5.13 Å². The first-order chi connectivity index (χ1) is 8.85. The van der Waals surface area contributed by atoms with Gasteiger partial charge in [0.25, 0.3) is 0 Å². The Labute approximate surface area is 110 Å². The van der Waals surface area contributed by atoms with E-state index in [0.29, 0.717) is 11.7 Å². The molecular weight excluding hydrogens is 246 g/mol. The lowest BCUT2D eigenvalue weighted by molar-refractivity contribution is 0.309. The van der Waals surface area contributed by atoms with Gasteiger partial charge in [-0.1, -0.05) is 17.4 Å². The molecule has 0 bridgehead atoms. The summed E-state index contributed by atoms with van der Waals surface area (Å²) in [6.07, 6.45) is 5.43. The van der Waals surface area contributed by atoms with Crippen molar-refractivity contribution in [3.05, 3.63) is 40.4 Å². The third kappa shape index (κ3) is 2.32. The fourth-order valence-corrected chi connectivity index (χ4v) is 2.87. The molecule has 0 aliphatic heterocycles. The number of hydrogen-bond donors (Lipinski definition) is 2. The minimum Gasteiger partial charge on any atom is -0.488 e. The third-order valence-electron chi connectivity index (χ3n) is 3.13. The van der Waals surface area contributed by atoms with Crippen molar-refractivity contribution in [3.8, 4) is 5.75 Å². The summed E-state index contributed by atoms with van der Waals surface area (Å²) in [7, 11) is 0. The highest BCUT2D eigenvalue weighted by atomic mass is 32.1. The van der Waals surface area contributed by atoms with Gasteiger partial charge in [0.2, 0.25) is 0 Å². The van der Waals surface area contributed by atoms with Crippen LogP contribution >= 0.6 is 11.3 Å². The maximum Gasteiger partial charge on any atom is 0.197 e. The molecule has 1 aliphatic rings. The van der Waals surface area contributed by atoms with Gasteiger partial charge in [0, 0.05) is 6.20 Å². The van der Waals surface area contributed by atoms with Gasteiger partial charge in [-0.15, -0.1) is 0 Å². The minimum atomic E-state index is 0.540. The smallest absolute Gasteiger partial charge is 0.197 e. The van der Waals surface area contributed by atoms with E-state index in [1.165, 1.54) is 41.7 Å². The molecule has 0 fully saturated rings. The van der Waals surface area contributed by atoms with Crippen LogP contribution in [0.2, 0.25) is 0 Å². The Morgan fingerprint density at radius 1 is 1.33 bits per heavy atom. The van der Waals surface area contributed by atoms with E-state index in [4.69, 9.17) is 10.6 Å². The van der Waals surface area contributed by atoms with Crippen LogP contribution in [0.15, 0.2) is 24.4 Å². The number of benzene rings is 1. The van der Waals surface area contributed by atoms with E-state index in [1.54, 1.807) is 6.20 Å². The number of hydrazine groups is 1. The molecule has 94 valence electrons. The molecule has 5 heteroatoms. The number of rotatable bonds is 4. The quantitative estimate of drug-likeness (QED) is 0.656. The van der Waals surface area contributed by atoms with Crippen molar-refractivity contribution in [2.45, 2.75) is 25.9 Å².